The van der Waals surface area contributed by atoms with Gasteiger partial charge >= 0.3 is 0 Å². The maximum atomic E-state index is 12.0. The summed E-state index contributed by atoms with van der Waals surface area (Å²) in [6.07, 6.45) is 1.82. The van der Waals surface area contributed by atoms with E-state index in [-0.39, 0.29) is 18.6 Å². The first-order valence-electron chi connectivity index (χ1n) is 12.4. The van der Waals surface area contributed by atoms with Gasteiger partial charge in [0, 0.05) is 30.1 Å². The minimum atomic E-state index is -0.165. The van der Waals surface area contributed by atoms with Crippen LogP contribution in [0.1, 0.15) is 13.8 Å². The fourth-order valence-electron chi connectivity index (χ4n) is 4.11. The molecular weight excluding hydrogens is 468 g/mol. The van der Waals surface area contributed by atoms with Crippen LogP contribution in [0.15, 0.2) is 66.9 Å². The smallest absolute Gasteiger partial charge is 0.258 e. The van der Waals surface area contributed by atoms with E-state index in [1.165, 1.54) is 0 Å². The number of aromatic nitrogens is 3. The van der Waals surface area contributed by atoms with Gasteiger partial charge in [0.15, 0.2) is 12.4 Å². The largest absolute Gasteiger partial charge is 0.484 e. The van der Waals surface area contributed by atoms with E-state index in [9.17, 15) is 4.79 Å². The summed E-state index contributed by atoms with van der Waals surface area (Å²) in [5, 5.41) is 7.14. The second kappa shape index (κ2) is 11.2. The first-order chi connectivity index (χ1) is 18.0. The van der Waals surface area contributed by atoms with Crippen molar-refractivity contribution in [3.8, 4) is 17.1 Å². The van der Waals surface area contributed by atoms with Crippen molar-refractivity contribution < 1.29 is 14.3 Å². The van der Waals surface area contributed by atoms with Crippen LogP contribution in [0, 0.1) is 0 Å². The van der Waals surface area contributed by atoms with Crippen molar-refractivity contribution in [2.75, 3.05) is 43.1 Å². The van der Waals surface area contributed by atoms with Crippen LogP contribution in [0.5, 0.6) is 5.75 Å². The zero-order valence-corrected chi connectivity index (χ0v) is 21.0. The molecule has 9 heteroatoms. The minimum absolute atomic E-state index is 0.0551. The fraction of sp³-hybridized carbons (Fsp3) is 0.286. The number of para-hydroxylation sites is 1. The van der Waals surface area contributed by atoms with Gasteiger partial charge in [0.05, 0.1) is 30.6 Å². The van der Waals surface area contributed by atoms with Crippen LogP contribution in [-0.4, -0.2) is 59.8 Å². The third kappa shape index (κ3) is 6.13. The van der Waals surface area contributed by atoms with Gasteiger partial charge < -0.3 is 25.0 Å². The van der Waals surface area contributed by atoms with Gasteiger partial charge in [-0.1, -0.05) is 24.3 Å². The average molecular weight is 499 g/mol. The Morgan fingerprint density at radius 1 is 1.05 bits per heavy atom. The number of hydrogen-bond acceptors (Lipinski definition) is 8. The second-order valence-corrected chi connectivity index (χ2v) is 9.08. The summed E-state index contributed by atoms with van der Waals surface area (Å²) in [6, 6.07) is 19.4. The predicted molar refractivity (Wildman–Crippen MR) is 144 cm³/mol. The molecule has 0 bridgehead atoms. The van der Waals surface area contributed by atoms with E-state index in [1.54, 1.807) is 0 Å². The molecule has 0 saturated carbocycles. The molecule has 1 fully saturated rings. The number of anilines is 3. The highest BCUT2D eigenvalue weighted by atomic mass is 16.5. The molecule has 0 unspecified atom stereocenters. The Labute approximate surface area is 215 Å². The molecule has 1 aliphatic rings. The second-order valence-electron chi connectivity index (χ2n) is 9.08. The van der Waals surface area contributed by atoms with Crippen molar-refractivity contribution in [1.82, 2.24) is 20.3 Å². The molecule has 0 aliphatic carbocycles. The molecule has 1 aliphatic heterocycles. The SMILES string of the molecule is CC(C)NC(=O)COc1cccc(-c2nc(Nc3ccc(N4CCOCC4)nc3)c3ccccc3n2)c1. The molecule has 2 aromatic heterocycles. The Bertz CT molecular complexity index is 1370. The van der Waals surface area contributed by atoms with E-state index in [1.807, 2.05) is 80.7 Å². The number of morpholine rings is 1. The quantitative estimate of drug-likeness (QED) is 0.373. The van der Waals surface area contributed by atoms with E-state index in [0.29, 0.717) is 17.4 Å². The zero-order chi connectivity index (χ0) is 25.6. The Hall–Kier alpha value is -4.24. The molecule has 1 saturated heterocycles. The molecular formula is C28H30N6O3. The molecule has 2 N–H and O–H groups in total. The molecule has 0 radical (unpaired) electrons. The first kappa shape index (κ1) is 24.5. The number of carbonyl (C=O) groups is 1. The van der Waals surface area contributed by atoms with Gasteiger partial charge in [-0.15, -0.1) is 0 Å². The predicted octanol–water partition coefficient (Wildman–Crippen LogP) is 4.18. The van der Waals surface area contributed by atoms with Crippen LogP contribution in [0.4, 0.5) is 17.3 Å². The van der Waals surface area contributed by atoms with Crippen molar-refractivity contribution in [2.24, 2.45) is 0 Å². The normalized spacial score (nSPS) is 13.5. The van der Waals surface area contributed by atoms with Crippen LogP contribution in [0.2, 0.25) is 0 Å². The Morgan fingerprint density at radius 2 is 1.89 bits per heavy atom. The lowest BCUT2D eigenvalue weighted by molar-refractivity contribution is -0.123. The van der Waals surface area contributed by atoms with E-state index >= 15 is 0 Å². The third-order valence-corrected chi connectivity index (χ3v) is 5.86. The van der Waals surface area contributed by atoms with E-state index in [0.717, 1.165) is 54.3 Å². The number of nitrogens with zero attached hydrogens (tertiary/aromatic N) is 4. The molecule has 1 amide bonds. The molecule has 2 aromatic carbocycles. The summed E-state index contributed by atoms with van der Waals surface area (Å²) in [6.45, 7) is 6.88. The molecule has 37 heavy (non-hydrogen) atoms. The van der Waals surface area contributed by atoms with Gasteiger partial charge in [-0.3, -0.25) is 4.79 Å². The van der Waals surface area contributed by atoms with Crippen molar-refractivity contribution in [2.45, 2.75) is 19.9 Å². The fourth-order valence-corrected chi connectivity index (χ4v) is 4.11. The number of benzene rings is 2. The highest BCUT2D eigenvalue weighted by Gasteiger charge is 2.14. The van der Waals surface area contributed by atoms with Crippen molar-refractivity contribution in [3.63, 3.8) is 0 Å². The van der Waals surface area contributed by atoms with E-state index < -0.39 is 0 Å². The number of ether oxygens (including phenoxy) is 2. The van der Waals surface area contributed by atoms with Crippen molar-refractivity contribution in [1.29, 1.82) is 0 Å². The summed E-state index contributed by atoms with van der Waals surface area (Å²) in [7, 11) is 0. The number of carbonyl (C=O) groups excluding carboxylic acids is 1. The van der Waals surface area contributed by atoms with Crippen LogP contribution in [-0.2, 0) is 9.53 Å². The van der Waals surface area contributed by atoms with Gasteiger partial charge in [0.1, 0.15) is 17.4 Å². The number of rotatable bonds is 8. The van der Waals surface area contributed by atoms with Crippen LogP contribution < -0.4 is 20.3 Å². The Balaban J connectivity index is 1.39. The summed E-state index contributed by atoms with van der Waals surface area (Å²) < 4.78 is 11.1. The zero-order valence-electron chi connectivity index (χ0n) is 21.0. The maximum absolute atomic E-state index is 12.0. The third-order valence-electron chi connectivity index (χ3n) is 5.86. The molecule has 3 heterocycles. The van der Waals surface area contributed by atoms with Crippen molar-refractivity contribution in [3.05, 3.63) is 66.9 Å². The molecule has 0 atom stereocenters. The van der Waals surface area contributed by atoms with E-state index in [2.05, 4.69) is 20.5 Å². The van der Waals surface area contributed by atoms with Gasteiger partial charge in [0.25, 0.3) is 5.91 Å². The highest BCUT2D eigenvalue weighted by Crippen LogP contribution is 2.29. The lowest BCUT2D eigenvalue weighted by Gasteiger charge is -2.27. The van der Waals surface area contributed by atoms with Gasteiger partial charge in [0.2, 0.25) is 0 Å². The van der Waals surface area contributed by atoms with Gasteiger partial charge in [-0.05, 0) is 50.2 Å². The molecule has 5 rings (SSSR count). The number of pyridine rings is 1. The lowest BCUT2D eigenvalue weighted by Crippen LogP contribution is -2.36. The highest BCUT2D eigenvalue weighted by molar-refractivity contribution is 5.92. The number of amides is 1. The standard InChI is InChI=1S/C28H30N6O3/c1-19(2)30-26(35)18-37-22-7-5-6-20(16-22)27-32-24-9-4-3-8-23(24)28(33-27)31-21-10-11-25(29-17-21)34-12-14-36-15-13-34/h3-11,16-17,19H,12-15,18H2,1-2H3,(H,30,35)(H,31,32,33). The topological polar surface area (TPSA) is 102 Å². The summed E-state index contributed by atoms with van der Waals surface area (Å²) >= 11 is 0. The van der Waals surface area contributed by atoms with Crippen molar-refractivity contribution >= 4 is 34.1 Å². The van der Waals surface area contributed by atoms with Crippen LogP contribution in [0.25, 0.3) is 22.3 Å². The number of hydrogen-bond donors (Lipinski definition) is 2. The van der Waals surface area contributed by atoms with Crippen LogP contribution in [0.3, 0.4) is 0 Å². The first-order valence-corrected chi connectivity index (χ1v) is 12.4. The summed E-state index contributed by atoms with van der Waals surface area (Å²) in [4.78, 5) is 28.5. The monoisotopic (exact) mass is 498 g/mol. The summed E-state index contributed by atoms with van der Waals surface area (Å²) in [5.74, 6) is 2.58. The van der Waals surface area contributed by atoms with E-state index in [4.69, 9.17) is 19.4 Å². The average Bonchev–Trinajstić information content (AvgIpc) is 2.92. The van der Waals surface area contributed by atoms with Crippen LogP contribution >= 0.6 is 0 Å². The Kier molecular flexibility index (Phi) is 7.41. The minimum Gasteiger partial charge on any atom is -0.484 e. The van der Waals surface area contributed by atoms with Gasteiger partial charge in [-0.25, -0.2) is 15.0 Å². The number of nitrogens with one attached hydrogen (secondary N) is 2. The molecule has 9 nitrogen and oxygen atoms in total. The maximum Gasteiger partial charge on any atom is 0.258 e. The summed E-state index contributed by atoms with van der Waals surface area (Å²) in [5.41, 5.74) is 2.44. The molecule has 4 aromatic rings. The molecule has 0 spiro atoms. The number of fused-ring (bicyclic) bond motifs is 1. The Morgan fingerprint density at radius 3 is 2.68 bits per heavy atom. The lowest BCUT2D eigenvalue weighted by atomic mass is 10.1. The van der Waals surface area contributed by atoms with Gasteiger partial charge in [-0.2, -0.15) is 0 Å². The molecule has 190 valence electrons.